The first kappa shape index (κ1) is 25.5. The van der Waals surface area contributed by atoms with Crippen LogP contribution in [-0.2, 0) is 19.0 Å². The summed E-state index contributed by atoms with van der Waals surface area (Å²) in [5.41, 5.74) is 0. The van der Waals surface area contributed by atoms with E-state index in [0.717, 1.165) is 12.8 Å². The highest BCUT2D eigenvalue weighted by atomic mass is 16.5. The van der Waals surface area contributed by atoms with Gasteiger partial charge in [0, 0.05) is 13.0 Å². The number of ether oxygens (including phenoxy) is 3. The minimum atomic E-state index is -0.447. The number of aliphatic hydroxyl groups is 3. The summed E-state index contributed by atoms with van der Waals surface area (Å²) in [7, 11) is 0. The molecule has 0 saturated heterocycles. The Morgan fingerprint density at radius 2 is 1.62 bits per heavy atom. The van der Waals surface area contributed by atoms with E-state index in [1.165, 1.54) is 0 Å². The third-order valence-electron chi connectivity index (χ3n) is 2.79. The van der Waals surface area contributed by atoms with Crippen LogP contribution in [0.25, 0.3) is 0 Å². The topological polar surface area (TPSA) is 105 Å². The fourth-order valence-corrected chi connectivity index (χ4v) is 1.33. The van der Waals surface area contributed by atoms with E-state index in [2.05, 4.69) is 0 Å². The van der Waals surface area contributed by atoms with Crippen molar-refractivity contribution in [1.29, 1.82) is 0 Å². The number of esters is 1. The van der Waals surface area contributed by atoms with Gasteiger partial charge in [0.15, 0.2) is 0 Å². The summed E-state index contributed by atoms with van der Waals surface area (Å²) in [6.07, 6.45) is 2.14. The molecular weight excluding hydrogens is 316 g/mol. The Hall–Kier alpha value is -0.730. The molecule has 3 unspecified atom stereocenters. The van der Waals surface area contributed by atoms with E-state index < -0.39 is 6.10 Å². The molecule has 0 aromatic carbocycles. The number of hydrogen-bond acceptors (Lipinski definition) is 7. The van der Waals surface area contributed by atoms with Crippen LogP contribution < -0.4 is 0 Å². The van der Waals surface area contributed by atoms with Crippen LogP contribution in [0, 0.1) is 0 Å². The summed E-state index contributed by atoms with van der Waals surface area (Å²) < 4.78 is 15.3. The molecule has 0 saturated carbocycles. The summed E-state index contributed by atoms with van der Waals surface area (Å²) in [5, 5.41) is 26.0. The van der Waals surface area contributed by atoms with Crippen molar-refractivity contribution in [2.24, 2.45) is 0 Å². The molecule has 0 aromatic rings. The molecular formula is C17H36O7. The predicted octanol–water partition coefficient (Wildman–Crippen LogP) is 1.27. The number of aliphatic hydroxyl groups excluding tert-OH is 3. The summed E-state index contributed by atoms with van der Waals surface area (Å²) in [4.78, 5) is 10.7. The zero-order valence-corrected chi connectivity index (χ0v) is 15.6. The molecule has 7 heteroatoms. The van der Waals surface area contributed by atoms with Crippen molar-refractivity contribution in [2.75, 3.05) is 33.0 Å². The SMILES string of the molecule is CC(O)COC(C)COC(C)CO.CCCCOC(=O)CCCO. The van der Waals surface area contributed by atoms with Gasteiger partial charge in [0.05, 0.1) is 44.7 Å². The molecule has 0 aliphatic heterocycles. The van der Waals surface area contributed by atoms with Gasteiger partial charge in [0.2, 0.25) is 0 Å². The lowest BCUT2D eigenvalue weighted by Gasteiger charge is -2.16. The van der Waals surface area contributed by atoms with Crippen molar-refractivity contribution < 1.29 is 34.3 Å². The Bertz CT molecular complexity index is 272. The standard InChI is InChI=1S/C9H20O4.C8H16O3/c1-7(11)5-12-9(3)6-13-8(2)4-10;1-2-3-7-11-8(10)5-4-6-9/h7-11H,4-6H2,1-3H3;9H,2-7H2,1H3. The molecule has 0 fully saturated rings. The Labute approximate surface area is 145 Å². The smallest absolute Gasteiger partial charge is 0.305 e. The number of carbonyl (C=O) groups excluding carboxylic acids is 1. The second-order valence-electron chi connectivity index (χ2n) is 5.72. The van der Waals surface area contributed by atoms with Gasteiger partial charge in [-0.25, -0.2) is 0 Å². The Balaban J connectivity index is 0. The quantitative estimate of drug-likeness (QED) is 0.339. The summed E-state index contributed by atoms with van der Waals surface area (Å²) in [5.74, 6) is -0.201. The van der Waals surface area contributed by atoms with Crippen molar-refractivity contribution in [3.8, 4) is 0 Å². The van der Waals surface area contributed by atoms with Gasteiger partial charge in [-0.15, -0.1) is 0 Å². The molecule has 0 bridgehead atoms. The minimum absolute atomic E-state index is 0.0170. The molecule has 24 heavy (non-hydrogen) atoms. The largest absolute Gasteiger partial charge is 0.466 e. The molecule has 3 atom stereocenters. The lowest BCUT2D eigenvalue weighted by Crippen LogP contribution is -2.24. The summed E-state index contributed by atoms with van der Waals surface area (Å²) >= 11 is 0. The monoisotopic (exact) mass is 352 g/mol. The molecule has 0 aliphatic rings. The molecule has 0 spiro atoms. The number of hydrogen-bond donors (Lipinski definition) is 3. The van der Waals surface area contributed by atoms with E-state index in [1.54, 1.807) is 13.8 Å². The fourth-order valence-electron chi connectivity index (χ4n) is 1.33. The molecule has 0 aliphatic carbocycles. The van der Waals surface area contributed by atoms with Crippen molar-refractivity contribution >= 4 is 5.97 Å². The minimum Gasteiger partial charge on any atom is -0.466 e. The highest BCUT2D eigenvalue weighted by Crippen LogP contribution is 1.97. The first-order chi connectivity index (χ1) is 11.4. The highest BCUT2D eigenvalue weighted by molar-refractivity contribution is 5.69. The van der Waals surface area contributed by atoms with Crippen LogP contribution in [0.4, 0.5) is 0 Å². The van der Waals surface area contributed by atoms with Crippen LogP contribution in [0.1, 0.15) is 53.4 Å². The van der Waals surface area contributed by atoms with E-state index in [-0.39, 0.29) is 31.4 Å². The van der Waals surface area contributed by atoms with Crippen LogP contribution in [0.15, 0.2) is 0 Å². The number of unbranched alkanes of at least 4 members (excludes halogenated alkanes) is 1. The van der Waals surface area contributed by atoms with Crippen LogP contribution in [0.5, 0.6) is 0 Å². The maximum absolute atomic E-state index is 10.7. The fraction of sp³-hybridized carbons (Fsp3) is 0.941. The maximum atomic E-state index is 10.7. The van der Waals surface area contributed by atoms with Crippen LogP contribution in [0.2, 0.25) is 0 Å². The third kappa shape index (κ3) is 21.3. The third-order valence-corrected chi connectivity index (χ3v) is 2.79. The van der Waals surface area contributed by atoms with E-state index in [4.69, 9.17) is 29.5 Å². The second kappa shape index (κ2) is 18.6. The zero-order chi connectivity index (χ0) is 18.8. The normalized spacial score (nSPS) is 14.3. The van der Waals surface area contributed by atoms with Gasteiger partial charge in [-0.1, -0.05) is 13.3 Å². The van der Waals surface area contributed by atoms with Gasteiger partial charge >= 0.3 is 5.97 Å². The van der Waals surface area contributed by atoms with Gasteiger partial charge in [-0.05, 0) is 33.6 Å². The molecule has 0 amide bonds. The lowest BCUT2D eigenvalue weighted by molar-refractivity contribution is -0.144. The Morgan fingerprint density at radius 1 is 1.00 bits per heavy atom. The summed E-state index contributed by atoms with van der Waals surface area (Å²) in [6.45, 7) is 8.72. The maximum Gasteiger partial charge on any atom is 0.305 e. The van der Waals surface area contributed by atoms with E-state index in [9.17, 15) is 4.79 Å². The Kier molecular flexibility index (Phi) is 19.8. The molecule has 0 rings (SSSR count). The van der Waals surface area contributed by atoms with Gasteiger partial charge in [-0.3, -0.25) is 4.79 Å². The van der Waals surface area contributed by atoms with Crippen molar-refractivity contribution in [1.82, 2.24) is 0 Å². The van der Waals surface area contributed by atoms with E-state index in [1.807, 2.05) is 13.8 Å². The van der Waals surface area contributed by atoms with Gasteiger partial charge in [0.1, 0.15) is 0 Å². The van der Waals surface area contributed by atoms with E-state index in [0.29, 0.717) is 32.7 Å². The number of carbonyl (C=O) groups is 1. The average Bonchev–Trinajstić information content (AvgIpc) is 2.56. The van der Waals surface area contributed by atoms with E-state index >= 15 is 0 Å². The number of rotatable bonds is 13. The average molecular weight is 352 g/mol. The van der Waals surface area contributed by atoms with Crippen LogP contribution in [0.3, 0.4) is 0 Å². The Morgan fingerprint density at radius 3 is 2.12 bits per heavy atom. The second-order valence-corrected chi connectivity index (χ2v) is 5.72. The van der Waals surface area contributed by atoms with Crippen molar-refractivity contribution in [2.45, 2.75) is 71.7 Å². The molecule has 3 N–H and O–H groups in total. The van der Waals surface area contributed by atoms with Gasteiger partial charge in [-0.2, -0.15) is 0 Å². The van der Waals surface area contributed by atoms with Gasteiger partial charge in [0.25, 0.3) is 0 Å². The van der Waals surface area contributed by atoms with Crippen molar-refractivity contribution in [3.63, 3.8) is 0 Å². The molecule has 7 nitrogen and oxygen atoms in total. The molecule has 0 aromatic heterocycles. The van der Waals surface area contributed by atoms with Crippen LogP contribution in [-0.4, -0.2) is 72.6 Å². The molecule has 0 radical (unpaired) electrons. The summed E-state index contributed by atoms with van der Waals surface area (Å²) in [6, 6.07) is 0. The molecule has 0 heterocycles. The first-order valence-corrected chi connectivity index (χ1v) is 8.65. The van der Waals surface area contributed by atoms with Crippen molar-refractivity contribution in [3.05, 3.63) is 0 Å². The van der Waals surface area contributed by atoms with Gasteiger partial charge < -0.3 is 29.5 Å². The highest BCUT2D eigenvalue weighted by Gasteiger charge is 2.07. The van der Waals surface area contributed by atoms with Crippen LogP contribution >= 0.6 is 0 Å². The molecule has 146 valence electrons. The zero-order valence-electron chi connectivity index (χ0n) is 15.6. The first-order valence-electron chi connectivity index (χ1n) is 8.65. The predicted molar refractivity (Wildman–Crippen MR) is 91.8 cm³/mol. The lowest BCUT2D eigenvalue weighted by atomic mass is 10.3.